The molecule has 5 heteroatoms. The minimum atomic E-state index is -0.985. The predicted molar refractivity (Wildman–Crippen MR) is 365 cm³/mol. The van der Waals surface area contributed by atoms with Crippen molar-refractivity contribution in [1.29, 1.82) is 26.3 Å². The summed E-state index contributed by atoms with van der Waals surface area (Å²) in [7, 11) is 0. The maximum absolute atomic E-state index is 12.5. The van der Waals surface area contributed by atoms with E-state index in [2.05, 4.69) is 248 Å². The molecule has 0 amide bonds. The van der Waals surface area contributed by atoms with Crippen molar-refractivity contribution in [2.45, 2.75) is 267 Å². The highest BCUT2D eigenvalue weighted by Crippen LogP contribution is 2.62. The molecule has 0 rings (SSSR count). The van der Waals surface area contributed by atoms with Crippen molar-refractivity contribution in [3.05, 3.63) is 142 Å². The summed E-state index contributed by atoms with van der Waals surface area (Å²) in [4.78, 5) is 0. The van der Waals surface area contributed by atoms with Gasteiger partial charge in [-0.3, -0.25) is 0 Å². The smallest absolute Gasteiger partial charge is 0.0810 e. The van der Waals surface area contributed by atoms with E-state index in [0.717, 1.165) is 74.5 Å². The Hall–Kier alpha value is -5.67. The highest BCUT2D eigenvalue weighted by Gasteiger charge is 2.55. The molecule has 0 N–H and O–H groups in total. The molecule has 0 aromatic heterocycles. The molecule has 0 saturated heterocycles. The van der Waals surface area contributed by atoms with Gasteiger partial charge in [0.05, 0.1) is 57.4 Å². The van der Waals surface area contributed by atoms with Crippen LogP contribution in [0.4, 0.5) is 0 Å². The van der Waals surface area contributed by atoms with E-state index in [-0.39, 0.29) is 23.2 Å². The number of rotatable bonds is 40. The van der Waals surface area contributed by atoms with Crippen LogP contribution in [0.15, 0.2) is 142 Å². The zero-order chi connectivity index (χ0) is 64.4. The van der Waals surface area contributed by atoms with E-state index in [4.69, 9.17) is 0 Å². The summed E-state index contributed by atoms with van der Waals surface area (Å²) in [6.45, 7) is 50.5. The van der Waals surface area contributed by atoms with Gasteiger partial charge in [0.1, 0.15) is 0 Å². The van der Waals surface area contributed by atoms with E-state index in [1.54, 1.807) is 0 Å². The lowest BCUT2D eigenvalue weighted by Gasteiger charge is -2.53. The Bertz CT molecular complexity index is 2640. The molecule has 0 spiro atoms. The first-order valence-electron chi connectivity index (χ1n) is 32.6. The first kappa shape index (κ1) is 78.3. The van der Waals surface area contributed by atoms with Gasteiger partial charge in [0, 0.05) is 5.41 Å². The second-order valence-electron chi connectivity index (χ2n) is 26.6. The van der Waals surface area contributed by atoms with Crippen LogP contribution in [0.25, 0.3) is 0 Å². The van der Waals surface area contributed by atoms with E-state index in [1.165, 1.54) is 27.9 Å². The average Bonchev–Trinajstić information content (AvgIpc) is 3.49. The van der Waals surface area contributed by atoms with Crippen LogP contribution in [-0.2, 0) is 0 Å². The Morgan fingerprint density at radius 2 is 0.952 bits per heavy atom. The van der Waals surface area contributed by atoms with Crippen LogP contribution >= 0.6 is 0 Å². The minimum Gasteiger partial charge on any atom is -0.198 e. The predicted octanol–water partition coefficient (Wildman–Crippen LogP) is 24.5. The molecule has 8 unspecified atom stereocenters. The van der Waals surface area contributed by atoms with E-state index in [1.807, 2.05) is 25.2 Å². The monoisotopic (exact) mass is 1140 g/mol. The Kier molecular flexibility index (Phi) is 35.8. The van der Waals surface area contributed by atoms with Crippen molar-refractivity contribution in [2.24, 2.45) is 55.7 Å². The Morgan fingerprint density at radius 3 is 1.35 bits per heavy atom. The number of nitriles is 5. The molecular formula is C79H121N5. The molecule has 0 heterocycles. The van der Waals surface area contributed by atoms with Gasteiger partial charge in [0.25, 0.3) is 0 Å². The minimum absolute atomic E-state index is 0.00781. The summed E-state index contributed by atoms with van der Waals surface area (Å²) < 4.78 is 0. The molecular weight excluding hydrogens is 1020 g/mol. The Morgan fingerprint density at radius 1 is 0.500 bits per heavy atom. The fourth-order valence-corrected chi connectivity index (χ4v) is 12.7. The van der Waals surface area contributed by atoms with Gasteiger partial charge in [-0.05, 0) is 201 Å². The largest absolute Gasteiger partial charge is 0.198 e. The molecule has 0 radical (unpaired) electrons. The normalized spacial score (nSPS) is 19.0. The topological polar surface area (TPSA) is 119 Å². The summed E-state index contributed by atoms with van der Waals surface area (Å²) in [5.41, 5.74) is 5.33. The number of nitrogens with zero attached hydrogens (tertiary/aromatic N) is 5. The van der Waals surface area contributed by atoms with Crippen molar-refractivity contribution in [1.82, 2.24) is 0 Å². The van der Waals surface area contributed by atoms with E-state index in [9.17, 15) is 26.3 Å². The lowest BCUT2D eigenvalue weighted by Crippen LogP contribution is -2.47. The Balaban J connectivity index is 10.3. The summed E-state index contributed by atoms with van der Waals surface area (Å²) in [5.74, 6) is -0.00574. The third kappa shape index (κ3) is 23.0. The highest BCUT2D eigenvalue weighted by atomic mass is 14.6. The SMILES string of the molecule is C=CCC(C#N)(C(C)C)C(CC(C)=CCC(C#N)(C=CC)CC)(CC(C)=CCC(C#N)(C=CCC)CC)C(CC(C)=CCC(C#N)(C=CCC)CCC)=C(C)C(CC(C)=CCC(C)(C=C(C)C)CC)CC(C)=CCC(C#N)(C=CCC)C(C)C. The molecule has 0 aromatic rings. The van der Waals surface area contributed by atoms with Crippen molar-refractivity contribution >= 4 is 0 Å². The molecule has 5 nitrogen and oxygen atoms in total. The van der Waals surface area contributed by atoms with E-state index < -0.39 is 32.5 Å². The molecule has 0 aliphatic heterocycles. The third-order valence-electron chi connectivity index (χ3n) is 18.9. The van der Waals surface area contributed by atoms with Gasteiger partial charge >= 0.3 is 0 Å². The third-order valence-corrected chi connectivity index (χ3v) is 18.9. The molecule has 0 bridgehead atoms. The van der Waals surface area contributed by atoms with Gasteiger partial charge in [-0.1, -0.05) is 225 Å². The summed E-state index contributed by atoms with van der Waals surface area (Å²) in [5, 5.41) is 56.0. The fraction of sp³-hybridized carbons (Fsp3) is 0.633. The number of hydrogen-bond acceptors (Lipinski definition) is 5. The van der Waals surface area contributed by atoms with Gasteiger partial charge in [-0.25, -0.2) is 0 Å². The standard InChI is InChI=1S/C79H121N5/c1-23-32-43-75(31-9,58-81)48-38-69(20)56-79(78(61-84,42-28-6)64(14)15,55-68(19)37-47-74(30-8,57-80)40-26-4)72(53-67(18)36-49-76(59-82,41-27-5)44-33-24-2)70(21)71(51-65(16)35-46-73(22,29-7)54-62(10)11)52-66(17)39-50-77(60-83,63(12)13)45-34-25-3/h26,28,32-40,43-45,54,63-64,71H,6,23-25,27,29-31,41-42,46-53,55-56H2,1-5,7-22H3. The van der Waals surface area contributed by atoms with Crippen LogP contribution in [0.1, 0.15) is 267 Å². The Labute approximate surface area is 519 Å². The average molecular weight is 1140 g/mol. The second-order valence-corrected chi connectivity index (χ2v) is 26.6. The lowest BCUT2D eigenvalue weighted by atomic mass is 9.48. The molecule has 0 aromatic carbocycles. The maximum atomic E-state index is 12.5. The molecule has 0 aliphatic carbocycles. The summed E-state index contributed by atoms with van der Waals surface area (Å²) in [6.07, 6.45) is 46.3. The van der Waals surface area contributed by atoms with Crippen LogP contribution < -0.4 is 0 Å². The maximum Gasteiger partial charge on any atom is 0.0810 e. The van der Waals surface area contributed by atoms with Crippen LogP contribution in [0.3, 0.4) is 0 Å². The molecule has 8 atom stereocenters. The quantitative estimate of drug-likeness (QED) is 0.0566. The lowest BCUT2D eigenvalue weighted by molar-refractivity contribution is 0.0731. The van der Waals surface area contributed by atoms with Crippen LogP contribution in [-0.4, -0.2) is 0 Å². The van der Waals surface area contributed by atoms with Gasteiger partial charge in [0.15, 0.2) is 0 Å². The zero-order valence-corrected chi connectivity index (χ0v) is 57.8. The fourth-order valence-electron chi connectivity index (χ4n) is 12.7. The van der Waals surface area contributed by atoms with E-state index in [0.29, 0.717) is 64.2 Å². The zero-order valence-electron chi connectivity index (χ0n) is 57.8. The van der Waals surface area contributed by atoms with E-state index >= 15 is 0 Å². The van der Waals surface area contributed by atoms with Gasteiger partial charge < -0.3 is 0 Å². The highest BCUT2D eigenvalue weighted by molar-refractivity contribution is 5.40. The molecule has 0 saturated carbocycles. The summed E-state index contributed by atoms with van der Waals surface area (Å²) in [6, 6.07) is 14.0. The van der Waals surface area contributed by atoms with Gasteiger partial charge in [-0.15, -0.1) is 6.58 Å². The second kappa shape index (κ2) is 38.4. The van der Waals surface area contributed by atoms with Crippen LogP contribution in [0.2, 0.25) is 0 Å². The van der Waals surface area contributed by atoms with Crippen molar-refractivity contribution in [3.8, 4) is 30.3 Å². The molecule has 0 aliphatic rings. The number of allylic oxidation sites excluding steroid dienone is 23. The molecule has 0 fully saturated rings. The first-order chi connectivity index (χ1) is 39.6. The van der Waals surface area contributed by atoms with Crippen LogP contribution in [0.5, 0.6) is 0 Å². The number of hydrogen-bond donors (Lipinski definition) is 0. The van der Waals surface area contributed by atoms with Gasteiger partial charge in [-0.2, -0.15) is 26.3 Å². The molecule has 462 valence electrons. The summed E-state index contributed by atoms with van der Waals surface area (Å²) >= 11 is 0. The first-order valence-corrected chi connectivity index (χ1v) is 32.6. The van der Waals surface area contributed by atoms with Crippen molar-refractivity contribution in [2.75, 3.05) is 0 Å². The van der Waals surface area contributed by atoms with Crippen molar-refractivity contribution < 1.29 is 0 Å². The van der Waals surface area contributed by atoms with Gasteiger partial charge in [0.2, 0.25) is 0 Å². The van der Waals surface area contributed by atoms with Crippen LogP contribution in [0, 0.1) is 112 Å². The molecule has 84 heavy (non-hydrogen) atoms. The van der Waals surface area contributed by atoms with Crippen molar-refractivity contribution in [3.63, 3.8) is 0 Å².